The molecule has 2 rings (SSSR count). The van der Waals surface area contributed by atoms with Gasteiger partial charge in [-0.05, 0) is 43.4 Å². The van der Waals surface area contributed by atoms with Gasteiger partial charge in [0.05, 0.1) is 0 Å². The van der Waals surface area contributed by atoms with E-state index in [1.807, 2.05) is 0 Å². The number of nitrogens with one attached hydrogen (secondary N) is 1. The number of rotatable bonds is 4. The maximum atomic E-state index is 5.77. The van der Waals surface area contributed by atoms with Crippen molar-refractivity contribution in [2.45, 2.75) is 64.3 Å². The zero-order valence-corrected chi connectivity index (χ0v) is 10.0. The van der Waals surface area contributed by atoms with Gasteiger partial charge in [-0.3, -0.25) is 11.3 Å². The summed E-state index contributed by atoms with van der Waals surface area (Å²) in [5.41, 5.74) is 3.12. The van der Waals surface area contributed by atoms with Crippen LogP contribution in [-0.4, -0.2) is 6.04 Å². The van der Waals surface area contributed by atoms with E-state index in [-0.39, 0.29) is 0 Å². The quantitative estimate of drug-likeness (QED) is 0.425. The van der Waals surface area contributed by atoms with Crippen molar-refractivity contribution in [2.75, 3.05) is 0 Å². The maximum absolute atomic E-state index is 5.77. The predicted molar refractivity (Wildman–Crippen MR) is 64.2 cm³/mol. The summed E-state index contributed by atoms with van der Waals surface area (Å²) in [5, 5.41) is 0. The zero-order valence-electron chi connectivity index (χ0n) is 10.0. The van der Waals surface area contributed by atoms with Crippen molar-refractivity contribution in [1.82, 2.24) is 5.43 Å². The van der Waals surface area contributed by atoms with E-state index in [0.717, 1.165) is 17.8 Å². The third-order valence-corrected chi connectivity index (χ3v) is 4.53. The van der Waals surface area contributed by atoms with Gasteiger partial charge in [0, 0.05) is 6.04 Å². The Morgan fingerprint density at radius 3 is 2.00 bits per heavy atom. The summed E-state index contributed by atoms with van der Waals surface area (Å²) in [6.45, 7) is 2.40. The molecule has 0 spiro atoms. The van der Waals surface area contributed by atoms with Gasteiger partial charge in [-0.1, -0.05) is 32.6 Å². The van der Waals surface area contributed by atoms with Gasteiger partial charge < -0.3 is 0 Å². The van der Waals surface area contributed by atoms with E-state index in [1.54, 1.807) is 0 Å². The van der Waals surface area contributed by atoms with Gasteiger partial charge in [0.2, 0.25) is 0 Å². The molecule has 0 radical (unpaired) electrons. The molecule has 0 aromatic heterocycles. The SMILES string of the molecule is CC(C1CC1)C(NN)C1CCCCCC1. The fraction of sp³-hybridized carbons (Fsp3) is 1.00. The smallest absolute Gasteiger partial charge is 0.0267 e. The van der Waals surface area contributed by atoms with Crippen molar-refractivity contribution in [1.29, 1.82) is 0 Å². The first-order valence-electron chi connectivity index (χ1n) is 6.79. The summed E-state index contributed by atoms with van der Waals surface area (Å²) in [7, 11) is 0. The monoisotopic (exact) mass is 210 g/mol. The molecule has 2 saturated carbocycles. The lowest BCUT2D eigenvalue weighted by molar-refractivity contribution is 0.230. The lowest BCUT2D eigenvalue weighted by Crippen LogP contribution is -2.45. The van der Waals surface area contributed by atoms with E-state index in [1.165, 1.54) is 51.4 Å². The Morgan fingerprint density at radius 2 is 1.53 bits per heavy atom. The molecule has 2 nitrogen and oxygen atoms in total. The fourth-order valence-corrected chi connectivity index (χ4v) is 3.30. The zero-order chi connectivity index (χ0) is 10.7. The van der Waals surface area contributed by atoms with Crippen LogP contribution in [0.4, 0.5) is 0 Å². The number of hydrogen-bond acceptors (Lipinski definition) is 2. The van der Waals surface area contributed by atoms with Gasteiger partial charge in [-0.15, -0.1) is 0 Å². The molecule has 2 unspecified atom stereocenters. The lowest BCUT2D eigenvalue weighted by Gasteiger charge is -2.31. The van der Waals surface area contributed by atoms with Crippen LogP contribution in [0.1, 0.15) is 58.3 Å². The molecule has 2 atom stereocenters. The largest absolute Gasteiger partial charge is 0.271 e. The Labute approximate surface area is 94.0 Å². The van der Waals surface area contributed by atoms with E-state index < -0.39 is 0 Å². The Hall–Kier alpha value is -0.0800. The number of hydrogen-bond donors (Lipinski definition) is 2. The van der Waals surface area contributed by atoms with Crippen LogP contribution in [-0.2, 0) is 0 Å². The van der Waals surface area contributed by atoms with Crippen molar-refractivity contribution in [3.05, 3.63) is 0 Å². The minimum atomic E-state index is 0.579. The highest BCUT2D eigenvalue weighted by atomic mass is 15.2. The normalized spacial score (nSPS) is 28.4. The molecule has 15 heavy (non-hydrogen) atoms. The third kappa shape index (κ3) is 2.94. The van der Waals surface area contributed by atoms with Crippen molar-refractivity contribution in [2.24, 2.45) is 23.6 Å². The average molecular weight is 210 g/mol. The van der Waals surface area contributed by atoms with Crippen LogP contribution in [0.3, 0.4) is 0 Å². The minimum Gasteiger partial charge on any atom is -0.271 e. The maximum Gasteiger partial charge on any atom is 0.0267 e. The molecule has 0 aromatic rings. The first kappa shape index (κ1) is 11.4. The van der Waals surface area contributed by atoms with Crippen molar-refractivity contribution in [3.63, 3.8) is 0 Å². The molecule has 0 aliphatic heterocycles. The lowest BCUT2D eigenvalue weighted by atomic mass is 9.82. The van der Waals surface area contributed by atoms with Crippen LogP contribution < -0.4 is 11.3 Å². The third-order valence-electron chi connectivity index (χ3n) is 4.53. The summed E-state index contributed by atoms with van der Waals surface area (Å²) >= 11 is 0. The average Bonchev–Trinajstić information content (AvgIpc) is 3.07. The standard InChI is InChI=1S/C13H26N2/c1-10(11-8-9-11)13(15-14)12-6-4-2-3-5-7-12/h10-13,15H,2-9,14H2,1H3. The molecule has 0 heterocycles. The van der Waals surface area contributed by atoms with Crippen LogP contribution >= 0.6 is 0 Å². The topological polar surface area (TPSA) is 38.0 Å². The molecule has 0 aromatic carbocycles. The number of hydrazine groups is 1. The van der Waals surface area contributed by atoms with E-state index in [2.05, 4.69) is 12.3 Å². The molecule has 0 bridgehead atoms. The highest BCUT2D eigenvalue weighted by molar-refractivity contribution is 4.89. The second-order valence-corrected chi connectivity index (χ2v) is 5.64. The minimum absolute atomic E-state index is 0.579. The Balaban J connectivity index is 1.90. The number of nitrogens with two attached hydrogens (primary N) is 1. The molecule has 2 fully saturated rings. The highest BCUT2D eigenvalue weighted by Crippen LogP contribution is 2.41. The molecule has 3 N–H and O–H groups in total. The molecule has 2 aliphatic carbocycles. The van der Waals surface area contributed by atoms with Gasteiger partial charge >= 0.3 is 0 Å². The van der Waals surface area contributed by atoms with Gasteiger partial charge in [0.25, 0.3) is 0 Å². The predicted octanol–water partition coefficient (Wildman–Crippen LogP) is 2.83. The Kier molecular flexibility index (Phi) is 4.04. The van der Waals surface area contributed by atoms with Crippen LogP contribution in [0.25, 0.3) is 0 Å². The van der Waals surface area contributed by atoms with Crippen LogP contribution in [0.15, 0.2) is 0 Å². The highest BCUT2D eigenvalue weighted by Gasteiger charge is 2.36. The van der Waals surface area contributed by atoms with Crippen molar-refractivity contribution >= 4 is 0 Å². The molecule has 2 heteroatoms. The first-order valence-corrected chi connectivity index (χ1v) is 6.79. The molecule has 88 valence electrons. The molecular weight excluding hydrogens is 184 g/mol. The summed E-state index contributed by atoms with van der Waals surface area (Å²) in [4.78, 5) is 0. The second kappa shape index (κ2) is 5.31. The van der Waals surface area contributed by atoms with Crippen LogP contribution in [0.5, 0.6) is 0 Å². The van der Waals surface area contributed by atoms with Crippen LogP contribution in [0, 0.1) is 17.8 Å². The van der Waals surface area contributed by atoms with Crippen molar-refractivity contribution < 1.29 is 0 Å². The van der Waals surface area contributed by atoms with E-state index >= 15 is 0 Å². The Bertz CT molecular complexity index is 181. The van der Waals surface area contributed by atoms with Gasteiger partial charge in [0.1, 0.15) is 0 Å². The van der Waals surface area contributed by atoms with E-state index in [4.69, 9.17) is 5.84 Å². The molecular formula is C13H26N2. The van der Waals surface area contributed by atoms with Crippen LogP contribution in [0.2, 0.25) is 0 Å². The van der Waals surface area contributed by atoms with Gasteiger partial charge in [-0.25, -0.2) is 0 Å². The van der Waals surface area contributed by atoms with E-state index in [0.29, 0.717) is 6.04 Å². The molecule has 0 saturated heterocycles. The van der Waals surface area contributed by atoms with Gasteiger partial charge in [0.15, 0.2) is 0 Å². The first-order chi connectivity index (χ1) is 7.33. The summed E-state index contributed by atoms with van der Waals surface area (Å²) in [6.07, 6.45) is 11.4. The van der Waals surface area contributed by atoms with E-state index in [9.17, 15) is 0 Å². The summed E-state index contributed by atoms with van der Waals surface area (Å²) in [5.74, 6) is 8.37. The van der Waals surface area contributed by atoms with Crippen molar-refractivity contribution in [3.8, 4) is 0 Å². The summed E-state index contributed by atoms with van der Waals surface area (Å²) in [6, 6.07) is 0.579. The second-order valence-electron chi connectivity index (χ2n) is 5.64. The summed E-state index contributed by atoms with van der Waals surface area (Å²) < 4.78 is 0. The Morgan fingerprint density at radius 1 is 0.933 bits per heavy atom. The molecule has 2 aliphatic rings. The fourth-order valence-electron chi connectivity index (χ4n) is 3.30. The van der Waals surface area contributed by atoms with Gasteiger partial charge in [-0.2, -0.15) is 0 Å². The molecule has 0 amide bonds.